The Hall–Kier alpha value is -1.35. The summed E-state index contributed by atoms with van der Waals surface area (Å²) in [5, 5.41) is 12.4. The maximum absolute atomic E-state index is 13.1. The van der Waals surface area contributed by atoms with Gasteiger partial charge in [0.2, 0.25) is 0 Å². The molecule has 3 heteroatoms. The summed E-state index contributed by atoms with van der Waals surface area (Å²) < 4.78 is 13.1. The van der Waals surface area contributed by atoms with Gasteiger partial charge in [-0.3, -0.25) is 0 Å². The van der Waals surface area contributed by atoms with Crippen LogP contribution < -0.4 is 5.32 Å². The van der Waals surface area contributed by atoms with Crippen LogP contribution in [0.15, 0.2) is 30.4 Å². The fourth-order valence-electron chi connectivity index (χ4n) is 2.12. The van der Waals surface area contributed by atoms with Crippen molar-refractivity contribution in [3.8, 4) is 5.75 Å². The highest BCUT2D eigenvalue weighted by molar-refractivity contribution is 5.27. The molecule has 0 radical (unpaired) electrons. The molecule has 1 atom stereocenters. The molecule has 1 aromatic carbocycles. The number of phenols is 1. The first-order valence-corrected chi connectivity index (χ1v) is 6.09. The molecular weight excluding hydrogens is 217 g/mol. The number of nitrogens with one attached hydrogen (secondary N) is 1. The molecule has 0 spiro atoms. The number of rotatable bonds is 4. The van der Waals surface area contributed by atoms with E-state index in [-0.39, 0.29) is 5.75 Å². The first kappa shape index (κ1) is 12.1. The summed E-state index contributed by atoms with van der Waals surface area (Å²) in [5.41, 5.74) is 0.867. The van der Waals surface area contributed by atoms with Crippen molar-refractivity contribution >= 4 is 0 Å². The second-order valence-corrected chi connectivity index (χ2v) is 4.57. The van der Waals surface area contributed by atoms with Gasteiger partial charge < -0.3 is 10.4 Å². The molecule has 0 saturated carbocycles. The lowest BCUT2D eigenvalue weighted by Gasteiger charge is -2.18. The van der Waals surface area contributed by atoms with Crippen LogP contribution in [0.5, 0.6) is 5.75 Å². The molecule has 0 aromatic heterocycles. The van der Waals surface area contributed by atoms with Crippen molar-refractivity contribution in [3.05, 3.63) is 41.7 Å². The van der Waals surface area contributed by atoms with Gasteiger partial charge in [-0.05, 0) is 49.4 Å². The molecule has 2 N–H and O–H groups in total. The van der Waals surface area contributed by atoms with E-state index in [1.54, 1.807) is 6.07 Å². The number of hydrogen-bond acceptors (Lipinski definition) is 2. The highest BCUT2D eigenvalue weighted by atomic mass is 19.1. The van der Waals surface area contributed by atoms with Crippen LogP contribution >= 0.6 is 0 Å². The second-order valence-electron chi connectivity index (χ2n) is 4.57. The van der Waals surface area contributed by atoms with Gasteiger partial charge in [-0.15, -0.1) is 0 Å². The summed E-state index contributed by atoms with van der Waals surface area (Å²) >= 11 is 0. The Morgan fingerprint density at radius 1 is 1.35 bits per heavy atom. The van der Waals surface area contributed by atoms with Crippen molar-refractivity contribution in [3.63, 3.8) is 0 Å². The minimum Gasteiger partial charge on any atom is -0.505 e. The van der Waals surface area contributed by atoms with Crippen molar-refractivity contribution in [1.82, 2.24) is 5.32 Å². The molecule has 92 valence electrons. The summed E-state index contributed by atoms with van der Waals surface area (Å²) in [6.45, 7) is 1.62. The number of allylic oxidation sites excluding steroid dienone is 2. The van der Waals surface area contributed by atoms with Crippen molar-refractivity contribution in [2.24, 2.45) is 5.92 Å². The molecule has 1 aliphatic rings. The number of aromatic hydroxyl groups is 1. The van der Waals surface area contributed by atoms with Crippen LogP contribution in [-0.2, 0) is 6.54 Å². The molecule has 1 aliphatic carbocycles. The zero-order valence-electron chi connectivity index (χ0n) is 9.82. The Morgan fingerprint density at radius 3 is 2.94 bits per heavy atom. The average Bonchev–Trinajstić information content (AvgIpc) is 2.35. The lowest BCUT2D eigenvalue weighted by atomic mass is 9.94. The minimum absolute atomic E-state index is 0.286. The van der Waals surface area contributed by atoms with Crippen LogP contribution in [0.25, 0.3) is 0 Å². The number of hydrogen-bond donors (Lipinski definition) is 2. The van der Waals surface area contributed by atoms with Gasteiger partial charge in [0.15, 0.2) is 11.6 Å². The third kappa shape index (κ3) is 3.56. The molecule has 2 rings (SSSR count). The third-order valence-corrected chi connectivity index (χ3v) is 3.15. The summed E-state index contributed by atoms with van der Waals surface area (Å²) in [6.07, 6.45) is 7.99. The van der Waals surface area contributed by atoms with Crippen LogP contribution in [0.4, 0.5) is 4.39 Å². The van der Waals surface area contributed by atoms with Gasteiger partial charge in [0, 0.05) is 6.54 Å². The lowest BCUT2D eigenvalue weighted by molar-refractivity contribution is 0.428. The maximum Gasteiger partial charge on any atom is 0.165 e. The van der Waals surface area contributed by atoms with E-state index in [9.17, 15) is 4.39 Å². The average molecular weight is 235 g/mol. The summed E-state index contributed by atoms with van der Waals surface area (Å²) in [5.74, 6) is -0.141. The van der Waals surface area contributed by atoms with Gasteiger partial charge >= 0.3 is 0 Å². The van der Waals surface area contributed by atoms with Crippen molar-refractivity contribution in [2.75, 3.05) is 6.54 Å². The standard InChI is InChI=1S/C14H18FNO/c15-13-8-12(6-7-14(13)17)10-16-9-11-4-2-1-3-5-11/h1-2,6-8,11,16-17H,3-5,9-10H2. The summed E-state index contributed by atoms with van der Waals surface area (Å²) in [6, 6.07) is 4.52. The predicted molar refractivity (Wildman–Crippen MR) is 66.3 cm³/mol. The molecule has 0 heterocycles. The molecule has 0 aliphatic heterocycles. The minimum atomic E-state index is -0.551. The Balaban J connectivity index is 1.77. The summed E-state index contributed by atoms with van der Waals surface area (Å²) in [4.78, 5) is 0. The largest absolute Gasteiger partial charge is 0.505 e. The van der Waals surface area contributed by atoms with Gasteiger partial charge in [-0.25, -0.2) is 4.39 Å². The third-order valence-electron chi connectivity index (χ3n) is 3.15. The SMILES string of the molecule is Oc1ccc(CNCC2CC=CCC2)cc1F. The number of phenolic OH excluding ortho intramolecular Hbond substituents is 1. The van der Waals surface area contributed by atoms with E-state index < -0.39 is 5.82 Å². The molecule has 0 bridgehead atoms. The van der Waals surface area contributed by atoms with E-state index >= 15 is 0 Å². The molecule has 17 heavy (non-hydrogen) atoms. The first-order chi connectivity index (χ1) is 8.25. The van der Waals surface area contributed by atoms with Gasteiger partial charge in [-0.1, -0.05) is 18.2 Å². The Kier molecular flexibility index (Phi) is 4.15. The van der Waals surface area contributed by atoms with Gasteiger partial charge in [-0.2, -0.15) is 0 Å². The van der Waals surface area contributed by atoms with E-state index in [1.165, 1.54) is 25.0 Å². The summed E-state index contributed by atoms with van der Waals surface area (Å²) in [7, 11) is 0. The predicted octanol–water partition coefficient (Wildman–Crippen LogP) is 2.98. The normalized spacial score (nSPS) is 19.5. The van der Waals surface area contributed by atoms with E-state index in [0.29, 0.717) is 12.5 Å². The fourth-order valence-corrected chi connectivity index (χ4v) is 2.12. The smallest absolute Gasteiger partial charge is 0.165 e. The molecule has 0 amide bonds. The monoisotopic (exact) mass is 235 g/mol. The highest BCUT2D eigenvalue weighted by Crippen LogP contribution is 2.18. The van der Waals surface area contributed by atoms with Gasteiger partial charge in [0.25, 0.3) is 0 Å². The highest BCUT2D eigenvalue weighted by Gasteiger charge is 2.09. The van der Waals surface area contributed by atoms with Crippen molar-refractivity contribution in [2.45, 2.75) is 25.8 Å². The van der Waals surface area contributed by atoms with Crippen LogP contribution in [-0.4, -0.2) is 11.7 Å². The lowest BCUT2D eigenvalue weighted by Crippen LogP contribution is -2.23. The second kappa shape index (κ2) is 5.82. The Bertz CT molecular complexity index is 403. The van der Waals surface area contributed by atoms with E-state index in [0.717, 1.165) is 18.5 Å². The van der Waals surface area contributed by atoms with Crippen LogP contribution in [0.1, 0.15) is 24.8 Å². The quantitative estimate of drug-likeness (QED) is 0.786. The molecule has 1 aromatic rings. The van der Waals surface area contributed by atoms with E-state index in [2.05, 4.69) is 17.5 Å². The van der Waals surface area contributed by atoms with Crippen LogP contribution in [0.3, 0.4) is 0 Å². The zero-order valence-corrected chi connectivity index (χ0v) is 9.82. The molecule has 1 unspecified atom stereocenters. The van der Waals surface area contributed by atoms with Crippen molar-refractivity contribution < 1.29 is 9.50 Å². The molecule has 0 fully saturated rings. The topological polar surface area (TPSA) is 32.3 Å². The molecule has 2 nitrogen and oxygen atoms in total. The number of halogens is 1. The van der Waals surface area contributed by atoms with E-state index in [4.69, 9.17) is 5.11 Å². The van der Waals surface area contributed by atoms with Crippen LogP contribution in [0, 0.1) is 11.7 Å². The van der Waals surface area contributed by atoms with E-state index in [1.807, 2.05) is 0 Å². The van der Waals surface area contributed by atoms with Crippen LogP contribution in [0.2, 0.25) is 0 Å². The van der Waals surface area contributed by atoms with Crippen molar-refractivity contribution in [1.29, 1.82) is 0 Å². The number of benzene rings is 1. The maximum atomic E-state index is 13.1. The van der Waals surface area contributed by atoms with Gasteiger partial charge in [0.05, 0.1) is 0 Å². The fraction of sp³-hybridized carbons (Fsp3) is 0.429. The zero-order chi connectivity index (χ0) is 12.1. The molecule has 0 saturated heterocycles. The molecular formula is C14H18FNO. The Labute approximate surface area is 101 Å². The Morgan fingerprint density at radius 2 is 2.24 bits per heavy atom. The first-order valence-electron chi connectivity index (χ1n) is 6.09. The van der Waals surface area contributed by atoms with Gasteiger partial charge in [0.1, 0.15) is 0 Å².